The number of nitrogens with one attached hydrogen (secondary N) is 1. The summed E-state index contributed by atoms with van der Waals surface area (Å²) in [5.74, 6) is -6.03. The van der Waals surface area contributed by atoms with Gasteiger partial charge in [0.1, 0.15) is 22.8 Å². The van der Waals surface area contributed by atoms with Crippen LogP contribution in [0, 0.1) is 17.8 Å². The number of nitrogens with zero attached hydrogens (tertiary/aromatic N) is 1. The van der Waals surface area contributed by atoms with E-state index in [0.29, 0.717) is 23.4 Å². The fourth-order valence-corrected chi connectivity index (χ4v) is 6.68. The zero-order valence-electron chi connectivity index (χ0n) is 23.0. The number of carbonyl (C=O) groups is 3. The van der Waals surface area contributed by atoms with Crippen molar-refractivity contribution in [1.29, 1.82) is 0 Å². The molecule has 0 aliphatic heterocycles. The standard InChI is InChI=1S/C30H35N3O7/c1-13(2)11-32-12-14-5-6-15-8-16-9-17-10-19-23(33(3)4)26(36)22(29(31)39)28(38)30(19,40)27(37)21(17)25(35)20(16)24(34)18(15)7-14/h5-8,13,17,19,23,32,34,36-37,40H,9-12H2,1-4H3,(H2,31,39)/t17-,19-,23-,30-/m0/s1. The van der Waals surface area contributed by atoms with Gasteiger partial charge in [-0.25, -0.2) is 0 Å². The average Bonchev–Trinajstić information content (AvgIpc) is 2.86. The number of ketones is 2. The van der Waals surface area contributed by atoms with Crippen LogP contribution in [-0.2, 0) is 22.6 Å². The van der Waals surface area contributed by atoms with E-state index in [9.17, 15) is 34.8 Å². The zero-order chi connectivity index (χ0) is 29.3. The minimum Gasteiger partial charge on any atom is -0.510 e. The number of amides is 1. The van der Waals surface area contributed by atoms with E-state index in [-0.39, 0.29) is 29.7 Å². The number of Topliss-reactive ketones (excluding diaryl/α,β-unsaturated/α-hetero) is 2. The second-order valence-corrected chi connectivity index (χ2v) is 11.8. The lowest BCUT2D eigenvalue weighted by Crippen LogP contribution is -2.63. The topological polar surface area (TPSA) is 173 Å². The van der Waals surface area contributed by atoms with Crippen LogP contribution in [0.3, 0.4) is 0 Å². The Morgan fingerprint density at radius 2 is 1.88 bits per heavy atom. The third kappa shape index (κ3) is 4.01. The predicted octanol–water partition coefficient (Wildman–Crippen LogP) is 2.02. The Labute approximate surface area is 231 Å². The van der Waals surface area contributed by atoms with Crippen molar-refractivity contribution in [2.24, 2.45) is 23.5 Å². The molecule has 0 unspecified atom stereocenters. The Hall–Kier alpha value is -3.73. The van der Waals surface area contributed by atoms with E-state index in [0.717, 1.165) is 17.5 Å². The summed E-state index contributed by atoms with van der Waals surface area (Å²) in [6.45, 7) is 5.61. The number of aliphatic hydroxyl groups is 3. The van der Waals surface area contributed by atoms with E-state index in [1.165, 1.54) is 4.90 Å². The molecule has 0 saturated carbocycles. The molecule has 3 aliphatic carbocycles. The van der Waals surface area contributed by atoms with Crippen molar-refractivity contribution in [3.63, 3.8) is 0 Å². The lowest BCUT2D eigenvalue weighted by Gasteiger charge is -2.50. The molecule has 0 heterocycles. The Kier molecular flexibility index (Phi) is 6.76. The number of primary amides is 1. The van der Waals surface area contributed by atoms with E-state index in [1.54, 1.807) is 14.1 Å². The van der Waals surface area contributed by atoms with Crippen molar-refractivity contribution >= 4 is 28.2 Å². The van der Waals surface area contributed by atoms with Crippen LogP contribution in [0.15, 0.2) is 46.9 Å². The Morgan fingerprint density at radius 3 is 2.50 bits per heavy atom. The van der Waals surface area contributed by atoms with Crippen molar-refractivity contribution in [1.82, 2.24) is 10.2 Å². The number of fused-ring (bicyclic) bond motifs is 4. The zero-order valence-corrected chi connectivity index (χ0v) is 23.0. The van der Waals surface area contributed by atoms with Crippen LogP contribution in [-0.4, -0.2) is 75.1 Å². The van der Waals surface area contributed by atoms with Gasteiger partial charge in [-0.15, -0.1) is 0 Å². The maximum atomic E-state index is 13.9. The second-order valence-electron chi connectivity index (χ2n) is 11.8. The van der Waals surface area contributed by atoms with Gasteiger partial charge in [-0.05, 0) is 67.9 Å². The quantitative estimate of drug-likeness (QED) is 0.295. The van der Waals surface area contributed by atoms with Crippen molar-refractivity contribution < 1.29 is 34.8 Å². The van der Waals surface area contributed by atoms with Gasteiger partial charge in [-0.2, -0.15) is 0 Å². The number of phenols is 1. The number of phenolic OH excluding ortho intramolecular Hbond substituents is 1. The third-order valence-electron chi connectivity index (χ3n) is 8.47. The number of aromatic hydroxyl groups is 1. The van der Waals surface area contributed by atoms with Gasteiger partial charge in [0.15, 0.2) is 11.4 Å². The Bertz CT molecular complexity index is 1520. The van der Waals surface area contributed by atoms with Gasteiger partial charge < -0.3 is 31.5 Å². The first kappa shape index (κ1) is 27.8. The summed E-state index contributed by atoms with van der Waals surface area (Å²) < 4.78 is 0. The van der Waals surface area contributed by atoms with Crippen LogP contribution < -0.4 is 11.1 Å². The monoisotopic (exact) mass is 549 g/mol. The molecule has 0 spiro atoms. The number of nitrogens with two attached hydrogens (primary N) is 1. The molecule has 10 nitrogen and oxygen atoms in total. The highest BCUT2D eigenvalue weighted by atomic mass is 16.3. The first-order chi connectivity index (χ1) is 18.8. The largest absolute Gasteiger partial charge is 0.510 e. The number of likely N-dealkylation sites (N-methyl/N-ethyl adjacent to an activating group) is 1. The maximum absolute atomic E-state index is 13.9. The van der Waals surface area contributed by atoms with Crippen molar-refractivity contribution in [2.45, 2.75) is 44.9 Å². The van der Waals surface area contributed by atoms with E-state index in [2.05, 4.69) is 19.2 Å². The number of benzene rings is 2. The van der Waals surface area contributed by atoms with Gasteiger partial charge in [0.05, 0.1) is 11.6 Å². The van der Waals surface area contributed by atoms with Crippen LogP contribution >= 0.6 is 0 Å². The van der Waals surface area contributed by atoms with Crippen molar-refractivity contribution in [3.05, 3.63) is 63.6 Å². The van der Waals surface area contributed by atoms with Crippen LogP contribution in [0.2, 0.25) is 0 Å². The maximum Gasteiger partial charge on any atom is 0.255 e. The van der Waals surface area contributed by atoms with Crippen LogP contribution in [0.5, 0.6) is 5.75 Å². The van der Waals surface area contributed by atoms with Crippen LogP contribution in [0.1, 0.15) is 41.8 Å². The third-order valence-corrected chi connectivity index (χ3v) is 8.47. The normalized spacial score (nSPS) is 26.4. The molecule has 2 aromatic rings. The second kappa shape index (κ2) is 9.72. The number of rotatable bonds is 6. The van der Waals surface area contributed by atoms with Gasteiger partial charge in [-0.3, -0.25) is 19.3 Å². The summed E-state index contributed by atoms with van der Waals surface area (Å²) in [6.07, 6.45) is 0.320. The first-order valence-electron chi connectivity index (χ1n) is 13.4. The minimum atomic E-state index is -2.65. The molecule has 0 bridgehead atoms. The van der Waals surface area contributed by atoms with Gasteiger partial charge in [0.2, 0.25) is 5.78 Å². The Balaban J connectivity index is 1.63. The summed E-state index contributed by atoms with van der Waals surface area (Å²) in [5, 5.41) is 49.9. The van der Waals surface area contributed by atoms with Crippen LogP contribution in [0.4, 0.5) is 0 Å². The molecular formula is C30H35N3O7. The summed E-state index contributed by atoms with van der Waals surface area (Å²) in [4.78, 5) is 41.0. The van der Waals surface area contributed by atoms with E-state index in [1.807, 2.05) is 24.3 Å². The molecular weight excluding hydrogens is 514 g/mol. The highest BCUT2D eigenvalue weighted by molar-refractivity contribution is 6.25. The molecule has 2 aromatic carbocycles. The summed E-state index contributed by atoms with van der Waals surface area (Å²) in [5.41, 5.74) is 3.28. The summed E-state index contributed by atoms with van der Waals surface area (Å²) in [6, 6.07) is 6.50. The SMILES string of the molecule is CC(C)CNCc1ccc2cc3c(c(O)c2c1)C(=O)C1=C(O)[C@]2(O)C(=O)C(C(N)=O)=C(O)[C@@H](N(C)C)[C@@H]2C[C@@H]1C3. The smallest absolute Gasteiger partial charge is 0.255 e. The first-order valence-corrected chi connectivity index (χ1v) is 13.4. The molecule has 3 aliphatic rings. The van der Waals surface area contributed by atoms with Gasteiger partial charge in [-0.1, -0.05) is 32.0 Å². The number of hydrogen-bond acceptors (Lipinski definition) is 9. The number of aliphatic hydroxyl groups excluding tert-OH is 2. The van der Waals surface area contributed by atoms with E-state index in [4.69, 9.17) is 5.73 Å². The number of carbonyl (C=O) groups excluding carboxylic acids is 3. The van der Waals surface area contributed by atoms with Gasteiger partial charge in [0, 0.05) is 23.4 Å². The van der Waals surface area contributed by atoms with Crippen molar-refractivity contribution in [3.8, 4) is 5.75 Å². The molecule has 40 heavy (non-hydrogen) atoms. The fraction of sp³-hybridized carbons (Fsp3) is 0.433. The molecule has 0 radical (unpaired) electrons. The summed E-state index contributed by atoms with van der Waals surface area (Å²) in [7, 11) is 3.20. The van der Waals surface area contributed by atoms with E-state index >= 15 is 0 Å². The average molecular weight is 550 g/mol. The molecule has 5 rings (SSSR count). The van der Waals surface area contributed by atoms with Crippen molar-refractivity contribution in [2.75, 3.05) is 20.6 Å². The molecule has 0 fully saturated rings. The molecule has 0 saturated heterocycles. The van der Waals surface area contributed by atoms with Gasteiger partial charge in [0.25, 0.3) is 5.91 Å². The molecule has 212 valence electrons. The van der Waals surface area contributed by atoms with E-state index < -0.39 is 58.0 Å². The number of allylic oxidation sites excluding steroid dienone is 1. The molecule has 7 N–H and O–H groups in total. The highest BCUT2D eigenvalue weighted by Crippen LogP contribution is 2.52. The molecule has 4 atom stereocenters. The summed E-state index contributed by atoms with van der Waals surface area (Å²) >= 11 is 0. The molecule has 10 heteroatoms. The van der Waals surface area contributed by atoms with Gasteiger partial charge >= 0.3 is 0 Å². The minimum absolute atomic E-state index is 0.0144. The molecule has 1 amide bonds. The lowest BCUT2D eigenvalue weighted by molar-refractivity contribution is -0.148. The Morgan fingerprint density at radius 1 is 1.18 bits per heavy atom. The number of hydrogen-bond donors (Lipinski definition) is 6. The highest BCUT2D eigenvalue weighted by Gasteiger charge is 2.63. The lowest BCUT2D eigenvalue weighted by atomic mass is 9.58. The predicted molar refractivity (Wildman–Crippen MR) is 148 cm³/mol. The fourth-order valence-electron chi connectivity index (χ4n) is 6.68. The molecule has 0 aromatic heterocycles. The van der Waals surface area contributed by atoms with Crippen LogP contribution in [0.25, 0.3) is 10.8 Å².